The van der Waals surface area contributed by atoms with E-state index >= 15 is 0 Å². The summed E-state index contributed by atoms with van der Waals surface area (Å²) in [6.07, 6.45) is 6.40. The molecular formula is C24H36N2O6. The number of amides is 2. The Balaban J connectivity index is 1.15. The first-order valence-corrected chi connectivity index (χ1v) is 11.8. The van der Waals surface area contributed by atoms with E-state index in [9.17, 15) is 9.59 Å². The number of hydrogen-bond donors (Lipinski definition) is 0. The highest BCUT2D eigenvalue weighted by molar-refractivity contribution is 6.06. The topological polar surface area (TPSA) is 86.7 Å². The van der Waals surface area contributed by atoms with Crippen molar-refractivity contribution in [1.82, 2.24) is 4.90 Å². The van der Waals surface area contributed by atoms with Gasteiger partial charge in [-0.15, -0.1) is 0 Å². The summed E-state index contributed by atoms with van der Waals surface area (Å²) in [6.45, 7) is 11.2. The van der Waals surface area contributed by atoms with E-state index in [2.05, 4.69) is 18.8 Å². The molecule has 8 heteroatoms. The lowest BCUT2D eigenvalue weighted by atomic mass is 9.85. The zero-order valence-electron chi connectivity index (χ0n) is 19.7. The van der Waals surface area contributed by atoms with Crippen molar-refractivity contribution in [1.29, 1.82) is 0 Å². The Labute approximate surface area is 190 Å². The van der Waals surface area contributed by atoms with Crippen LogP contribution in [0.1, 0.15) is 53.4 Å². The van der Waals surface area contributed by atoms with E-state index in [4.69, 9.17) is 18.9 Å². The number of likely N-dealkylation sites (tertiary alicyclic amines) is 1. The number of rotatable bonds is 12. The number of hydrogen-bond acceptors (Lipinski definition) is 7. The molecule has 0 radical (unpaired) electrons. The highest BCUT2D eigenvalue weighted by Gasteiger charge is 2.60. The maximum absolute atomic E-state index is 12.8. The third-order valence-electron chi connectivity index (χ3n) is 6.81. The number of ether oxygens (including phenoxy) is 4. The van der Waals surface area contributed by atoms with Crippen molar-refractivity contribution < 1.29 is 28.5 Å². The lowest BCUT2D eigenvalue weighted by molar-refractivity contribution is -0.143. The number of aliphatic imine (C=N–C) groups is 1. The van der Waals surface area contributed by atoms with E-state index in [0.29, 0.717) is 32.8 Å². The van der Waals surface area contributed by atoms with Crippen molar-refractivity contribution in [2.75, 3.05) is 32.9 Å². The minimum Gasteiger partial charge on any atom is -0.479 e. The van der Waals surface area contributed by atoms with Crippen molar-refractivity contribution in [3.63, 3.8) is 0 Å². The second-order valence-electron chi connectivity index (χ2n) is 10.3. The van der Waals surface area contributed by atoms with E-state index in [-0.39, 0.29) is 41.5 Å². The predicted molar refractivity (Wildman–Crippen MR) is 118 cm³/mol. The average Bonchev–Trinajstić information content (AvgIpc) is 3.50. The van der Waals surface area contributed by atoms with Crippen molar-refractivity contribution in [2.24, 2.45) is 16.8 Å². The summed E-state index contributed by atoms with van der Waals surface area (Å²) in [5, 5.41) is 0. The van der Waals surface area contributed by atoms with Crippen LogP contribution < -0.4 is 0 Å². The highest BCUT2D eigenvalue weighted by Crippen LogP contribution is 2.45. The quantitative estimate of drug-likeness (QED) is 0.259. The first-order valence-electron chi connectivity index (χ1n) is 11.8. The Morgan fingerprint density at radius 2 is 1.62 bits per heavy atom. The first-order chi connectivity index (χ1) is 15.2. The van der Waals surface area contributed by atoms with E-state index < -0.39 is 5.60 Å². The number of imide groups is 1. The fraction of sp³-hybridized carbons (Fsp3) is 0.792. The van der Waals surface area contributed by atoms with Crippen LogP contribution in [-0.2, 0) is 28.5 Å². The van der Waals surface area contributed by atoms with Gasteiger partial charge in [0, 0.05) is 19.6 Å². The number of carbonyl (C=O) groups is 2. The second kappa shape index (κ2) is 9.23. The summed E-state index contributed by atoms with van der Waals surface area (Å²) >= 11 is 0. The molecule has 2 amide bonds. The summed E-state index contributed by atoms with van der Waals surface area (Å²) in [5.74, 6) is -0.0441. The molecule has 8 nitrogen and oxygen atoms in total. The largest absolute Gasteiger partial charge is 0.479 e. The van der Waals surface area contributed by atoms with Crippen molar-refractivity contribution in [2.45, 2.75) is 76.8 Å². The predicted octanol–water partition coefficient (Wildman–Crippen LogP) is 2.50. The standard InChI is InChI=1S/C24H36N2O6/c1-23(2,31-14-10-24(3,4)30-13-5-6-18-25-11-15-29-18)9-12-26-21(27)19-16-7-8-17(32-16)20(19)22(26)28/h7-8,16-17,19-20H,5-6,9-15H2,1-4H3. The Kier molecular flexibility index (Phi) is 6.75. The summed E-state index contributed by atoms with van der Waals surface area (Å²) in [6, 6.07) is 0. The first kappa shape index (κ1) is 23.4. The Hall–Kier alpha value is -1.77. The molecule has 4 unspecified atom stereocenters. The van der Waals surface area contributed by atoms with E-state index in [1.165, 1.54) is 4.90 Å². The fourth-order valence-electron chi connectivity index (χ4n) is 4.79. The molecule has 0 aromatic heterocycles. The molecule has 32 heavy (non-hydrogen) atoms. The monoisotopic (exact) mass is 448 g/mol. The molecule has 2 bridgehead atoms. The maximum atomic E-state index is 12.8. The lowest BCUT2D eigenvalue weighted by Gasteiger charge is -2.31. The molecule has 0 aromatic rings. The van der Waals surface area contributed by atoms with Gasteiger partial charge in [-0.3, -0.25) is 19.5 Å². The third kappa shape index (κ3) is 5.07. The number of nitrogens with zero attached hydrogens (tertiary/aromatic N) is 2. The number of fused-ring (bicyclic) bond motifs is 5. The van der Waals surface area contributed by atoms with Crippen LogP contribution in [0.3, 0.4) is 0 Å². The molecule has 0 spiro atoms. The fourth-order valence-corrected chi connectivity index (χ4v) is 4.79. The summed E-state index contributed by atoms with van der Waals surface area (Å²) < 4.78 is 23.3. The molecule has 4 aliphatic rings. The van der Waals surface area contributed by atoms with Crippen molar-refractivity contribution in [3.8, 4) is 0 Å². The lowest BCUT2D eigenvalue weighted by Crippen LogP contribution is -2.39. The SMILES string of the molecule is CC(C)(CCOC(C)(C)CCN1C(=O)C2C3C=CC(O3)C2C1=O)OCCCC1=NCCO1. The van der Waals surface area contributed by atoms with Crippen LogP contribution >= 0.6 is 0 Å². The normalized spacial score (nSPS) is 29.1. The molecule has 0 saturated carbocycles. The van der Waals surface area contributed by atoms with Crippen LogP contribution in [0.4, 0.5) is 0 Å². The number of carbonyl (C=O) groups excluding carboxylic acids is 2. The van der Waals surface area contributed by atoms with Crippen LogP contribution in [0.25, 0.3) is 0 Å². The van der Waals surface area contributed by atoms with Gasteiger partial charge in [0.05, 0.1) is 48.4 Å². The maximum Gasteiger partial charge on any atom is 0.236 e. The molecular weight excluding hydrogens is 412 g/mol. The minimum absolute atomic E-state index is 0.101. The zero-order chi connectivity index (χ0) is 22.9. The molecule has 0 aromatic carbocycles. The highest BCUT2D eigenvalue weighted by atomic mass is 16.5. The summed E-state index contributed by atoms with van der Waals surface area (Å²) in [7, 11) is 0. The van der Waals surface area contributed by atoms with E-state index in [1.807, 2.05) is 26.0 Å². The molecule has 4 atom stereocenters. The van der Waals surface area contributed by atoms with Gasteiger partial charge >= 0.3 is 0 Å². The third-order valence-corrected chi connectivity index (χ3v) is 6.81. The molecule has 178 valence electrons. The average molecular weight is 449 g/mol. The van der Waals surface area contributed by atoms with Crippen molar-refractivity contribution >= 4 is 17.7 Å². The van der Waals surface area contributed by atoms with Crippen LogP contribution in [0.5, 0.6) is 0 Å². The minimum atomic E-state index is -0.444. The van der Waals surface area contributed by atoms with Crippen molar-refractivity contribution in [3.05, 3.63) is 12.2 Å². The van der Waals surface area contributed by atoms with E-state index in [1.54, 1.807) is 0 Å². The van der Waals surface area contributed by atoms with Gasteiger partial charge < -0.3 is 18.9 Å². The smallest absolute Gasteiger partial charge is 0.236 e. The molecule has 0 N–H and O–H groups in total. The van der Waals surface area contributed by atoms with Gasteiger partial charge in [-0.25, -0.2) is 0 Å². The molecule has 4 aliphatic heterocycles. The van der Waals surface area contributed by atoms with Gasteiger partial charge in [0.15, 0.2) is 5.90 Å². The Morgan fingerprint density at radius 1 is 1.00 bits per heavy atom. The van der Waals surface area contributed by atoms with Crippen LogP contribution in [0.15, 0.2) is 17.1 Å². The summed E-state index contributed by atoms with van der Waals surface area (Å²) in [5.41, 5.74) is -0.737. The Bertz CT molecular complexity index is 759. The molecule has 4 rings (SSSR count). The van der Waals surface area contributed by atoms with Gasteiger partial charge in [-0.05, 0) is 47.0 Å². The van der Waals surface area contributed by atoms with Crippen LogP contribution in [0, 0.1) is 11.8 Å². The summed E-state index contributed by atoms with van der Waals surface area (Å²) in [4.78, 5) is 31.3. The Morgan fingerprint density at radius 3 is 2.25 bits per heavy atom. The molecule has 0 aliphatic carbocycles. The van der Waals surface area contributed by atoms with Crippen LogP contribution in [-0.4, -0.2) is 78.9 Å². The van der Waals surface area contributed by atoms with Gasteiger partial charge in [0.25, 0.3) is 0 Å². The second-order valence-corrected chi connectivity index (χ2v) is 10.3. The van der Waals surface area contributed by atoms with Gasteiger partial charge in [-0.2, -0.15) is 0 Å². The van der Waals surface area contributed by atoms with Gasteiger partial charge in [0.1, 0.15) is 6.61 Å². The van der Waals surface area contributed by atoms with E-state index in [0.717, 1.165) is 31.7 Å². The van der Waals surface area contributed by atoms with Crippen LogP contribution in [0.2, 0.25) is 0 Å². The zero-order valence-corrected chi connectivity index (χ0v) is 19.7. The molecule has 2 fully saturated rings. The molecule has 4 heterocycles. The van der Waals surface area contributed by atoms with Gasteiger partial charge in [0.2, 0.25) is 11.8 Å². The van der Waals surface area contributed by atoms with Gasteiger partial charge in [-0.1, -0.05) is 12.2 Å². The molecule has 2 saturated heterocycles.